The lowest BCUT2D eigenvalue weighted by molar-refractivity contribution is 0.0190. The van der Waals surface area contributed by atoms with Gasteiger partial charge in [-0.15, -0.1) is 0 Å². The number of carbonyl (C=O) groups excluding carboxylic acids is 1. The minimum absolute atomic E-state index is 0.0361. The number of ether oxygens (including phenoxy) is 2. The number of nitrogens with zero attached hydrogens (tertiary/aromatic N) is 1. The molecule has 3 rings (SSSR count). The highest BCUT2D eigenvalue weighted by molar-refractivity contribution is 5.95. The molecule has 0 unspecified atom stereocenters. The summed E-state index contributed by atoms with van der Waals surface area (Å²) in [6.07, 6.45) is 2.28. The zero-order chi connectivity index (χ0) is 15.5. The third-order valence-corrected chi connectivity index (χ3v) is 4.64. The molecule has 2 aliphatic rings. The van der Waals surface area contributed by atoms with Crippen LogP contribution in [0.5, 0.6) is 5.75 Å². The van der Waals surface area contributed by atoms with Gasteiger partial charge in [-0.25, -0.2) is 0 Å². The van der Waals surface area contributed by atoms with Gasteiger partial charge in [-0.1, -0.05) is 6.07 Å². The SMILES string of the molecule is COc1cccc(C(=O)N2C[C@H](O)C[C@@H]2[C@@H]2CCCOC2)c1. The third-order valence-electron chi connectivity index (χ3n) is 4.64. The molecular formula is C17H23NO4. The predicted molar refractivity (Wildman–Crippen MR) is 82.0 cm³/mol. The summed E-state index contributed by atoms with van der Waals surface area (Å²) in [6, 6.07) is 7.25. The number of hydrogen-bond donors (Lipinski definition) is 1. The Morgan fingerprint density at radius 1 is 1.45 bits per heavy atom. The highest BCUT2D eigenvalue weighted by Crippen LogP contribution is 2.31. The van der Waals surface area contributed by atoms with Gasteiger partial charge in [-0.2, -0.15) is 0 Å². The topological polar surface area (TPSA) is 59.0 Å². The molecule has 0 radical (unpaired) electrons. The van der Waals surface area contributed by atoms with Crippen molar-refractivity contribution < 1.29 is 19.4 Å². The molecule has 0 aromatic heterocycles. The summed E-state index contributed by atoms with van der Waals surface area (Å²) in [7, 11) is 1.59. The van der Waals surface area contributed by atoms with Crippen LogP contribution >= 0.6 is 0 Å². The van der Waals surface area contributed by atoms with E-state index >= 15 is 0 Å². The van der Waals surface area contributed by atoms with Gasteiger partial charge in [-0.3, -0.25) is 4.79 Å². The van der Waals surface area contributed by atoms with Gasteiger partial charge >= 0.3 is 0 Å². The van der Waals surface area contributed by atoms with Crippen LogP contribution in [-0.4, -0.2) is 54.9 Å². The Morgan fingerprint density at radius 2 is 2.32 bits per heavy atom. The number of amides is 1. The Balaban J connectivity index is 1.79. The molecule has 5 nitrogen and oxygen atoms in total. The smallest absolute Gasteiger partial charge is 0.254 e. The first-order valence-corrected chi connectivity index (χ1v) is 7.90. The Labute approximate surface area is 130 Å². The summed E-state index contributed by atoms with van der Waals surface area (Å²) in [4.78, 5) is 14.7. The minimum Gasteiger partial charge on any atom is -0.497 e. The lowest BCUT2D eigenvalue weighted by atomic mass is 9.91. The Bertz CT molecular complexity index is 527. The zero-order valence-electron chi connectivity index (χ0n) is 12.9. The molecule has 1 aromatic rings. The maximum absolute atomic E-state index is 12.8. The lowest BCUT2D eigenvalue weighted by Crippen LogP contribution is -2.42. The maximum atomic E-state index is 12.8. The van der Waals surface area contributed by atoms with E-state index in [1.54, 1.807) is 19.2 Å². The fraction of sp³-hybridized carbons (Fsp3) is 0.588. The first-order chi connectivity index (χ1) is 10.7. The third kappa shape index (κ3) is 3.10. The van der Waals surface area contributed by atoms with Crippen molar-refractivity contribution in [2.45, 2.75) is 31.4 Å². The van der Waals surface area contributed by atoms with Crippen LogP contribution in [0.15, 0.2) is 24.3 Å². The van der Waals surface area contributed by atoms with Gasteiger partial charge in [0.15, 0.2) is 0 Å². The molecule has 3 atom stereocenters. The number of aliphatic hydroxyl groups excluding tert-OH is 1. The Hall–Kier alpha value is -1.59. The number of β-amino-alcohol motifs (C(OH)–C–C–N with tert-alkyl or cyclic N) is 1. The van der Waals surface area contributed by atoms with Crippen molar-refractivity contribution in [1.29, 1.82) is 0 Å². The van der Waals surface area contributed by atoms with Crippen LogP contribution < -0.4 is 4.74 Å². The standard InChI is InChI=1S/C17H23NO4/c1-21-15-6-2-4-12(8-15)17(20)18-10-14(19)9-16(18)13-5-3-7-22-11-13/h2,4,6,8,13-14,16,19H,3,5,7,9-11H2,1H3/t13-,14-,16-/m1/s1. The van der Waals surface area contributed by atoms with Gasteiger partial charge in [0, 0.05) is 30.7 Å². The molecule has 5 heteroatoms. The van der Waals surface area contributed by atoms with Gasteiger partial charge < -0.3 is 19.5 Å². The van der Waals surface area contributed by atoms with Crippen molar-refractivity contribution >= 4 is 5.91 Å². The molecule has 0 spiro atoms. The number of hydrogen-bond acceptors (Lipinski definition) is 4. The van der Waals surface area contributed by atoms with E-state index in [0.29, 0.717) is 36.8 Å². The fourth-order valence-electron chi connectivity index (χ4n) is 3.51. The number of aliphatic hydroxyl groups is 1. The molecular weight excluding hydrogens is 282 g/mol. The van der Waals surface area contributed by atoms with E-state index in [0.717, 1.165) is 19.4 Å². The molecule has 0 saturated carbocycles. The van der Waals surface area contributed by atoms with Crippen LogP contribution in [0.2, 0.25) is 0 Å². The summed E-state index contributed by atoms with van der Waals surface area (Å²) >= 11 is 0. The average molecular weight is 305 g/mol. The van der Waals surface area contributed by atoms with Crippen LogP contribution in [0.3, 0.4) is 0 Å². The largest absolute Gasteiger partial charge is 0.497 e. The second-order valence-corrected chi connectivity index (χ2v) is 6.12. The van der Waals surface area contributed by atoms with Crippen LogP contribution in [0, 0.1) is 5.92 Å². The van der Waals surface area contributed by atoms with Crippen LogP contribution in [0.4, 0.5) is 0 Å². The highest BCUT2D eigenvalue weighted by Gasteiger charge is 2.39. The number of rotatable bonds is 3. The normalized spacial score (nSPS) is 28.6. The molecule has 1 aromatic carbocycles. The van der Waals surface area contributed by atoms with Crippen LogP contribution in [0.25, 0.3) is 0 Å². The molecule has 2 saturated heterocycles. The first kappa shape index (κ1) is 15.3. The van der Waals surface area contributed by atoms with Gasteiger partial charge in [0.1, 0.15) is 5.75 Å². The van der Waals surface area contributed by atoms with Crippen molar-refractivity contribution in [2.24, 2.45) is 5.92 Å². The number of likely N-dealkylation sites (tertiary alicyclic amines) is 1. The fourth-order valence-corrected chi connectivity index (χ4v) is 3.51. The summed E-state index contributed by atoms with van der Waals surface area (Å²) < 4.78 is 10.8. The molecule has 120 valence electrons. The predicted octanol–water partition coefficient (Wildman–Crippen LogP) is 1.70. The van der Waals surface area contributed by atoms with Gasteiger partial charge in [0.2, 0.25) is 0 Å². The van der Waals surface area contributed by atoms with Crippen molar-refractivity contribution in [3.63, 3.8) is 0 Å². The van der Waals surface area contributed by atoms with Crippen molar-refractivity contribution in [3.8, 4) is 5.75 Å². The van der Waals surface area contributed by atoms with E-state index in [-0.39, 0.29) is 11.9 Å². The van der Waals surface area contributed by atoms with E-state index < -0.39 is 6.10 Å². The first-order valence-electron chi connectivity index (χ1n) is 7.90. The monoisotopic (exact) mass is 305 g/mol. The second kappa shape index (κ2) is 6.67. The molecule has 2 fully saturated rings. The van der Waals surface area contributed by atoms with Crippen molar-refractivity contribution in [1.82, 2.24) is 4.90 Å². The van der Waals surface area contributed by atoms with E-state index in [9.17, 15) is 9.90 Å². The van der Waals surface area contributed by atoms with E-state index in [1.165, 1.54) is 0 Å². The average Bonchev–Trinajstić information content (AvgIpc) is 2.97. The van der Waals surface area contributed by atoms with Gasteiger partial charge in [0.25, 0.3) is 5.91 Å². The number of carbonyl (C=O) groups is 1. The van der Waals surface area contributed by atoms with Crippen molar-refractivity contribution in [2.75, 3.05) is 26.9 Å². The highest BCUT2D eigenvalue weighted by atomic mass is 16.5. The molecule has 2 heterocycles. The van der Waals surface area contributed by atoms with E-state index in [4.69, 9.17) is 9.47 Å². The molecule has 0 aliphatic carbocycles. The Morgan fingerprint density at radius 3 is 3.05 bits per heavy atom. The summed E-state index contributed by atoms with van der Waals surface area (Å²) in [6.45, 7) is 1.88. The van der Waals surface area contributed by atoms with E-state index in [1.807, 2.05) is 17.0 Å². The van der Waals surface area contributed by atoms with Crippen LogP contribution in [0.1, 0.15) is 29.6 Å². The molecule has 0 bridgehead atoms. The number of benzene rings is 1. The van der Waals surface area contributed by atoms with Gasteiger partial charge in [-0.05, 0) is 37.5 Å². The van der Waals surface area contributed by atoms with Gasteiger partial charge in [0.05, 0.1) is 19.8 Å². The Kier molecular flexibility index (Phi) is 4.64. The quantitative estimate of drug-likeness (QED) is 0.923. The van der Waals surface area contributed by atoms with Crippen molar-refractivity contribution in [3.05, 3.63) is 29.8 Å². The lowest BCUT2D eigenvalue weighted by Gasteiger charge is -2.33. The van der Waals surface area contributed by atoms with Crippen LogP contribution in [-0.2, 0) is 4.74 Å². The van der Waals surface area contributed by atoms with E-state index in [2.05, 4.69) is 0 Å². The minimum atomic E-state index is -0.443. The summed E-state index contributed by atoms with van der Waals surface area (Å²) in [5.41, 5.74) is 0.607. The molecule has 1 amide bonds. The molecule has 1 N–H and O–H groups in total. The number of methoxy groups -OCH3 is 1. The molecule has 22 heavy (non-hydrogen) atoms. The summed E-state index contributed by atoms with van der Waals surface area (Å²) in [5.74, 6) is 0.953. The summed E-state index contributed by atoms with van der Waals surface area (Å²) in [5, 5.41) is 10.0. The zero-order valence-corrected chi connectivity index (χ0v) is 12.9. The maximum Gasteiger partial charge on any atom is 0.254 e. The second-order valence-electron chi connectivity index (χ2n) is 6.12. The molecule has 2 aliphatic heterocycles.